The maximum Gasteiger partial charge on any atom is 0.220 e. The van der Waals surface area contributed by atoms with E-state index in [0.29, 0.717) is 25.7 Å². The van der Waals surface area contributed by atoms with Crippen LogP contribution in [0.4, 0.5) is 0 Å². The van der Waals surface area contributed by atoms with Crippen LogP contribution in [0.3, 0.4) is 0 Å². The lowest BCUT2D eigenvalue weighted by molar-refractivity contribution is -0.119. The number of carbonyl (C=O) groups is 1. The Morgan fingerprint density at radius 2 is 2.53 bits per heavy atom. The summed E-state index contributed by atoms with van der Waals surface area (Å²) in [6.07, 6.45) is 1.61. The molecule has 4 heteroatoms. The highest BCUT2D eigenvalue weighted by molar-refractivity contribution is 5.78. The zero-order valence-corrected chi connectivity index (χ0v) is 9.34. The molecule has 0 aromatic carbocycles. The van der Waals surface area contributed by atoms with Crippen molar-refractivity contribution in [1.29, 1.82) is 0 Å². The van der Waals surface area contributed by atoms with Crippen molar-refractivity contribution in [2.45, 2.75) is 25.8 Å². The summed E-state index contributed by atoms with van der Waals surface area (Å²) >= 11 is 0. The van der Waals surface area contributed by atoms with Crippen LogP contribution in [0, 0.1) is 0 Å². The molecule has 86 valence electrons. The zero-order chi connectivity index (χ0) is 11.1. The van der Waals surface area contributed by atoms with Crippen molar-refractivity contribution < 1.29 is 9.53 Å². The van der Waals surface area contributed by atoms with E-state index < -0.39 is 0 Å². The molecule has 1 aliphatic heterocycles. The largest absolute Gasteiger partial charge is 0.376 e. The van der Waals surface area contributed by atoms with Crippen molar-refractivity contribution in [3.63, 3.8) is 0 Å². The van der Waals surface area contributed by atoms with Crippen molar-refractivity contribution in [3.05, 3.63) is 12.2 Å². The summed E-state index contributed by atoms with van der Waals surface area (Å²) < 4.78 is 5.33. The van der Waals surface area contributed by atoms with Crippen molar-refractivity contribution in [1.82, 2.24) is 10.6 Å². The van der Waals surface area contributed by atoms with Gasteiger partial charge in [-0.1, -0.05) is 12.2 Å². The van der Waals surface area contributed by atoms with Gasteiger partial charge in [-0.25, -0.2) is 0 Å². The average molecular weight is 212 g/mol. The summed E-state index contributed by atoms with van der Waals surface area (Å²) in [5.41, 5.74) is 1.04. The van der Waals surface area contributed by atoms with Crippen LogP contribution in [-0.4, -0.2) is 38.3 Å². The summed E-state index contributed by atoms with van der Waals surface area (Å²) in [6, 6.07) is 0.304. The van der Waals surface area contributed by atoms with Gasteiger partial charge in [0.25, 0.3) is 0 Å². The lowest BCUT2D eigenvalue weighted by Crippen LogP contribution is -2.36. The number of nitrogens with one attached hydrogen (secondary N) is 2. The monoisotopic (exact) mass is 212 g/mol. The van der Waals surface area contributed by atoms with Gasteiger partial charge < -0.3 is 15.4 Å². The third kappa shape index (κ3) is 5.54. The first-order valence-corrected chi connectivity index (χ1v) is 5.40. The summed E-state index contributed by atoms with van der Waals surface area (Å²) in [4.78, 5) is 10.9. The molecule has 0 spiro atoms. The summed E-state index contributed by atoms with van der Waals surface area (Å²) in [5.74, 6) is 0.167. The van der Waals surface area contributed by atoms with E-state index in [9.17, 15) is 4.79 Å². The number of ether oxygens (including phenoxy) is 1. The molecule has 0 saturated carbocycles. The zero-order valence-electron chi connectivity index (χ0n) is 9.34. The number of amides is 1. The van der Waals surface area contributed by atoms with Crippen molar-refractivity contribution in [2.75, 3.05) is 26.3 Å². The van der Waals surface area contributed by atoms with Crippen molar-refractivity contribution >= 4 is 5.91 Å². The molecule has 1 atom stereocenters. The Kier molecular flexibility index (Phi) is 5.36. The first-order valence-electron chi connectivity index (χ1n) is 5.40. The van der Waals surface area contributed by atoms with E-state index in [1.165, 1.54) is 0 Å². The second-order valence-electron chi connectivity index (χ2n) is 4.02. The molecule has 2 N–H and O–H groups in total. The van der Waals surface area contributed by atoms with E-state index >= 15 is 0 Å². The van der Waals surface area contributed by atoms with E-state index in [-0.39, 0.29) is 5.91 Å². The molecule has 4 nitrogen and oxygen atoms in total. The number of hydrogen-bond acceptors (Lipinski definition) is 3. The summed E-state index contributed by atoms with van der Waals surface area (Å²) in [7, 11) is 0. The fraction of sp³-hybridized carbons (Fsp3) is 0.727. The van der Waals surface area contributed by atoms with E-state index in [1.54, 1.807) is 0 Å². The van der Waals surface area contributed by atoms with E-state index in [0.717, 1.165) is 25.1 Å². The van der Waals surface area contributed by atoms with E-state index in [1.807, 2.05) is 6.92 Å². The molecule has 1 unspecified atom stereocenters. The third-order valence-electron chi connectivity index (χ3n) is 2.25. The number of hydrogen-bond donors (Lipinski definition) is 2. The second-order valence-corrected chi connectivity index (χ2v) is 4.02. The SMILES string of the molecule is C=C(C)COCCNCC1CCC(=O)N1. The second kappa shape index (κ2) is 6.58. The molecule has 0 aliphatic carbocycles. The lowest BCUT2D eigenvalue weighted by Gasteiger charge is -2.11. The molecule has 1 fully saturated rings. The van der Waals surface area contributed by atoms with Gasteiger partial charge in [0.2, 0.25) is 5.91 Å². The Labute approximate surface area is 91.1 Å². The molecule has 0 bridgehead atoms. The summed E-state index contributed by atoms with van der Waals surface area (Å²) in [5, 5.41) is 6.16. The Morgan fingerprint density at radius 3 is 3.13 bits per heavy atom. The topological polar surface area (TPSA) is 50.4 Å². The minimum Gasteiger partial charge on any atom is -0.376 e. The first-order chi connectivity index (χ1) is 7.18. The van der Waals surface area contributed by atoms with Crippen LogP contribution in [0.2, 0.25) is 0 Å². The van der Waals surface area contributed by atoms with Gasteiger partial charge in [0, 0.05) is 25.6 Å². The van der Waals surface area contributed by atoms with Crippen LogP contribution in [-0.2, 0) is 9.53 Å². The normalized spacial score (nSPS) is 20.3. The van der Waals surface area contributed by atoms with Gasteiger partial charge in [0.05, 0.1) is 13.2 Å². The Morgan fingerprint density at radius 1 is 1.73 bits per heavy atom. The van der Waals surface area contributed by atoms with Crippen LogP contribution >= 0.6 is 0 Å². The molecular weight excluding hydrogens is 192 g/mol. The van der Waals surface area contributed by atoms with Gasteiger partial charge in [-0.2, -0.15) is 0 Å². The Balaban J connectivity index is 1.89. The number of carbonyl (C=O) groups excluding carboxylic acids is 1. The Bertz CT molecular complexity index is 229. The number of rotatable bonds is 7. The average Bonchev–Trinajstić information content (AvgIpc) is 2.57. The molecule has 1 saturated heterocycles. The predicted octanol–water partition coefficient (Wildman–Crippen LogP) is 0.447. The smallest absolute Gasteiger partial charge is 0.220 e. The molecule has 1 aliphatic rings. The van der Waals surface area contributed by atoms with Gasteiger partial charge in [0.1, 0.15) is 0 Å². The minimum atomic E-state index is 0.167. The predicted molar refractivity (Wildman–Crippen MR) is 59.7 cm³/mol. The van der Waals surface area contributed by atoms with Gasteiger partial charge in [-0.3, -0.25) is 4.79 Å². The summed E-state index contributed by atoms with van der Waals surface area (Å²) in [6.45, 7) is 8.67. The fourth-order valence-corrected chi connectivity index (χ4v) is 1.50. The van der Waals surface area contributed by atoms with Crippen LogP contribution in [0.1, 0.15) is 19.8 Å². The minimum absolute atomic E-state index is 0.167. The van der Waals surface area contributed by atoms with Gasteiger partial charge in [0.15, 0.2) is 0 Å². The van der Waals surface area contributed by atoms with Gasteiger partial charge in [-0.15, -0.1) is 0 Å². The molecule has 15 heavy (non-hydrogen) atoms. The molecule has 1 heterocycles. The molecular formula is C11H20N2O2. The first kappa shape index (κ1) is 12.2. The van der Waals surface area contributed by atoms with Crippen LogP contribution in [0.15, 0.2) is 12.2 Å². The molecule has 0 radical (unpaired) electrons. The van der Waals surface area contributed by atoms with E-state index in [2.05, 4.69) is 17.2 Å². The maximum absolute atomic E-state index is 10.9. The van der Waals surface area contributed by atoms with Crippen LogP contribution in [0.5, 0.6) is 0 Å². The third-order valence-corrected chi connectivity index (χ3v) is 2.25. The molecule has 1 rings (SSSR count). The molecule has 1 amide bonds. The fourth-order valence-electron chi connectivity index (χ4n) is 1.50. The maximum atomic E-state index is 10.9. The molecule has 0 aromatic heterocycles. The molecule has 0 aromatic rings. The van der Waals surface area contributed by atoms with E-state index in [4.69, 9.17) is 4.74 Å². The Hall–Kier alpha value is -0.870. The standard InChI is InChI=1S/C11H20N2O2/c1-9(2)8-15-6-5-12-7-10-3-4-11(14)13-10/h10,12H,1,3-8H2,2H3,(H,13,14). The highest BCUT2D eigenvalue weighted by Crippen LogP contribution is 2.04. The highest BCUT2D eigenvalue weighted by Gasteiger charge is 2.19. The van der Waals surface area contributed by atoms with Crippen LogP contribution < -0.4 is 10.6 Å². The van der Waals surface area contributed by atoms with Crippen LogP contribution in [0.25, 0.3) is 0 Å². The van der Waals surface area contributed by atoms with Gasteiger partial charge in [-0.05, 0) is 13.3 Å². The van der Waals surface area contributed by atoms with Crippen molar-refractivity contribution in [2.24, 2.45) is 0 Å². The highest BCUT2D eigenvalue weighted by atomic mass is 16.5. The lowest BCUT2D eigenvalue weighted by atomic mass is 10.2. The van der Waals surface area contributed by atoms with Gasteiger partial charge >= 0.3 is 0 Å². The van der Waals surface area contributed by atoms with Crippen molar-refractivity contribution in [3.8, 4) is 0 Å². The quantitative estimate of drug-likeness (QED) is 0.476.